The molecule has 1 aliphatic rings. The average Bonchev–Trinajstić information content (AvgIpc) is 3.46. The van der Waals surface area contributed by atoms with Gasteiger partial charge in [-0.25, -0.2) is 4.79 Å². The first-order chi connectivity index (χ1) is 21.5. The second-order valence-electron chi connectivity index (χ2n) is 12.9. The molecule has 242 valence electrons. The van der Waals surface area contributed by atoms with Crippen LogP contribution in [0.1, 0.15) is 81.6 Å². The molecule has 2 aromatic carbocycles. The number of nitrogens with one attached hydrogen (secondary N) is 3. The molecule has 3 amide bonds. The zero-order valence-corrected chi connectivity index (χ0v) is 26.8. The molecule has 0 spiro atoms. The Kier molecular flexibility index (Phi) is 11.4. The third kappa shape index (κ3) is 8.94. The number of carbonyl (C=O) groups excluding carboxylic acids is 4. The number of esters is 1. The molecule has 1 fully saturated rings. The van der Waals surface area contributed by atoms with E-state index in [1.807, 2.05) is 55.6 Å². The van der Waals surface area contributed by atoms with Crippen LogP contribution in [0.25, 0.3) is 10.9 Å². The van der Waals surface area contributed by atoms with E-state index in [1.54, 1.807) is 37.8 Å². The summed E-state index contributed by atoms with van der Waals surface area (Å²) in [6, 6.07) is 14.9. The van der Waals surface area contributed by atoms with Crippen molar-refractivity contribution in [1.29, 1.82) is 0 Å². The van der Waals surface area contributed by atoms with Crippen LogP contribution in [0.5, 0.6) is 0 Å². The van der Waals surface area contributed by atoms with E-state index in [0.29, 0.717) is 50.8 Å². The molecule has 0 saturated carbocycles. The van der Waals surface area contributed by atoms with E-state index in [1.165, 1.54) is 0 Å². The fourth-order valence-corrected chi connectivity index (χ4v) is 5.85. The molecule has 4 atom stereocenters. The Morgan fingerprint density at radius 1 is 1.02 bits per heavy atom. The Morgan fingerprint density at radius 3 is 2.44 bits per heavy atom. The molecule has 10 heteroatoms. The maximum absolute atomic E-state index is 14.1. The zero-order valence-electron chi connectivity index (χ0n) is 26.8. The first-order valence-electron chi connectivity index (χ1n) is 15.9. The Morgan fingerprint density at radius 2 is 1.73 bits per heavy atom. The van der Waals surface area contributed by atoms with Crippen molar-refractivity contribution < 1.29 is 23.9 Å². The van der Waals surface area contributed by atoms with Gasteiger partial charge in [-0.3, -0.25) is 14.4 Å². The highest BCUT2D eigenvalue weighted by Crippen LogP contribution is 2.29. The van der Waals surface area contributed by atoms with Crippen LogP contribution in [0.4, 0.5) is 0 Å². The van der Waals surface area contributed by atoms with Gasteiger partial charge >= 0.3 is 5.97 Å². The van der Waals surface area contributed by atoms with Gasteiger partial charge in [0.25, 0.3) is 5.91 Å². The van der Waals surface area contributed by atoms with Gasteiger partial charge in [0.2, 0.25) is 11.8 Å². The largest absolute Gasteiger partial charge is 0.458 e. The van der Waals surface area contributed by atoms with Gasteiger partial charge in [-0.2, -0.15) is 0 Å². The summed E-state index contributed by atoms with van der Waals surface area (Å²) in [5, 5.41) is 6.87. The topological polar surface area (TPSA) is 147 Å². The number of hydrogen-bond acceptors (Lipinski definition) is 6. The number of unbranched alkanes of at least 4 members (excludes halogenated alkanes) is 1. The van der Waals surface area contributed by atoms with Crippen LogP contribution in [-0.2, 0) is 19.1 Å². The van der Waals surface area contributed by atoms with Crippen molar-refractivity contribution >= 4 is 34.6 Å². The molecule has 1 saturated heterocycles. The number of amides is 3. The van der Waals surface area contributed by atoms with E-state index >= 15 is 0 Å². The van der Waals surface area contributed by atoms with E-state index in [4.69, 9.17) is 10.5 Å². The predicted molar refractivity (Wildman–Crippen MR) is 174 cm³/mol. The molecule has 1 aliphatic heterocycles. The molecule has 1 aromatic heterocycles. The number of hydrogen-bond donors (Lipinski definition) is 4. The van der Waals surface area contributed by atoms with Crippen LogP contribution < -0.4 is 16.4 Å². The number of rotatable bonds is 12. The fraction of sp³-hybridized carbons (Fsp3) is 0.486. The third-order valence-corrected chi connectivity index (χ3v) is 8.25. The van der Waals surface area contributed by atoms with Gasteiger partial charge in [0.1, 0.15) is 17.7 Å². The number of likely N-dealkylation sites (tertiary alicyclic amines) is 1. The van der Waals surface area contributed by atoms with Crippen molar-refractivity contribution in [3.05, 3.63) is 71.9 Å². The highest BCUT2D eigenvalue weighted by atomic mass is 16.6. The number of piperidine rings is 1. The minimum absolute atomic E-state index is 0.118. The van der Waals surface area contributed by atoms with Crippen molar-refractivity contribution in [2.24, 2.45) is 11.7 Å². The molecule has 4 rings (SSSR count). The first-order valence-corrected chi connectivity index (χ1v) is 15.9. The number of aromatic amines is 1. The number of aromatic nitrogens is 1. The number of H-pyrrole nitrogens is 1. The number of ether oxygens (including phenoxy) is 1. The van der Waals surface area contributed by atoms with Crippen LogP contribution >= 0.6 is 0 Å². The Balaban J connectivity index is 1.57. The summed E-state index contributed by atoms with van der Waals surface area (Å²) in [6.45, 7) is 8.52. The van der Waals surface area contributed by atoms with Gasteiger partial charge in [-0.05, 0) is 83.2 Å². The molecule has 0 radical (unpaired) electrons. The van der Waals surface area contributed by atoms with Gasteiger partial charge in [0.15, 0.2) is 0 Å². The number of carbonyl (C=O) groups is 4. The number of para-hydroxylation sites is 1. The first kappa shape index (κ1) is 33.7. The predicted octanol–water partition coefficient (Wildman–Crippen LogP) is 4.26. The average molecular weight is 618 g/mol. The lowest BCUT2D eigenvalue weighted by Gasteiger charge is -2.34. The second kappa shape index (κ2) is 15.2. The molecule has 45 heavy (non-hydrogen) atoms. The monoisotopic (exact) mass is 617 g/mol. The van der Waals surface area contributed by atoms with Crippen LogP contribution in [0, 0.1) is 5.92 Å². The number of nitrogens with zero attached hydrogens (tertiary/aromatic N) is 1. The highest BCUT2D eigenvalue weighted by molar-refractivity contribution is 5.96. The lowest BCUT2D eigenvalue weighted by atomic mass is 9.90. The number of nitrogens with two attached hydrogens (primary N) is 1. The SMILES string of the molecule is C[C@H](c1c[nH]c2ccccc12)[C@@H](NC(=O)C1CCCN(C(=O)c2ccccc2)C1)C(=O)NC(CCCCN)C(=O)OC(C)(C)C. The molecular weight excluding hydrogens is 570 g/mol. The smallest absolute Gasteiger partial charge is 0.329 e. The third-order valence-electron chi connectivity index (χ3n) is 8.25. The van der Waals surface area contributed by atoms with Crippen LogP contribution in [0.15, 0.2) is 60.8 Å². The highest BCUT2D eigenvalue weighted by Gasteiger charge is 2.36. The van der Waals surface area contributed by atoms with E-state index in [0.717, 1.165) is 16.5 Å². The van der Waals surface area contributed by atoms with E-state index < -0.39 is 41.4 Å². The molecule has 0 bridgehead atoms. The van der Waals surface area contributed by atoms with Crippen molar-refractivity contribution in [2.75, 3.05) is 19.6 Å². The quantitative estimate of drug-likeness (QED) is 0.176. The summed E-state index contributed by atoms with van der Waals surface area (Å²) in [7, 11) is 0. The maximum atomic E-state index is 14.1. The molecule has 0 aliphatic carbocycles. The zero-order chi connectivity index (χ0) is 32.6. The Labute approximate surface area is 265 Å². The van der Waals surface area contributed by atoms with Crippen LogP contribution in [0.2, 0.25) is 0 Å². The lowest BCUT2D eigenvalue weighted by Crippen LogP contribution is -2.56. The molecule has 2 heterocycles. The van der Waals surface area contributed by atoms with Crippen LogP contribution in [-0.4, -0.2) is 70.9 Å². The molecule has 3 aromatic rings. The van der Waals surface area contributed by atoms with E-state index in [-0.39, 0.29) is 18.4 Å². The summed E-state index contributed by atoms with van der Waals surface area (Å²) >= 11 is 0. The molecule has 10 nitrogen and oxygen atoms in total. The van der Waals surface area contributed by atoms with Gasteiger partial charge in [-0.15, -0.1) is 0 Å². The molecule has 5 N–H and O–H groups in total. The minimum atomic E-state index is -0.989. The van der Waals surface area contributed by atoms with Gasteiger partial charge < -0.3 is 31.0 Å². The normalized spacial score (nSPS) is 17.3. The minimum Gasteiger partial charge on any atom is -0.458 e. The van der Waals surface area contributed by atoms with Gasteiger partial charge in [0.05, 0.1) is 5.92 Å². The number of fused-ring (bicyclic) bond motifs is 1. The maximum Gasteiger partial charge on any atom is 0.329 e. The van der Waals surface area contributed by atoms with Gasteiger partial charge in [0, 0.05) is 41.7 Å². The molecule has 2 unspecified atom stereocenters. The molecular formula is C35H47N5O5. The number of benzene rings is 2. The van der Waals surface area contributed by atoms with Crippen molar-refractivity contribution in [3.8, 4) is 0 Å². The van der Waals surface area contributed by atoms with Crippen molar-refractivity contribution in [1.82, 2.24) is 20.5 Å². The standard InChI is InChI=1S/C35H47N5O5/c1-23(27-21-37-28-17-9-8-16-26(27)28)30(32(42)38-29(18-10-11-19-36)34(44)45-35(2,3)4)39-31(41)25-15-12-20-40(22-25)33(43)24-13-6-5-7-14-24/h5-9,13-14,16-17,21,23,25,29-30,37H,10-12,15,18-20,22,36H2,1-4H3,(H,38,42)(H,39,41)/t23-,25?,29?,30-/m1/s1. The Hall–Kier alpha value is -4.18. The van der Waals surface area contributed by atoms with Crippen LogP contribution in [0.3, 0.4) is 0 Å². The summed E-state index contributed by atoms with van der Waals surface area (Å²) < 4.78 is 5.63. The summed E-state index contributed by atoms with van der Waals surface area (Å²) in [6.07, 6.45) is 4.81. The van der Waals surface area contributed by atoms with E-state index in [2.05, 4.69) is 15.6 Å². The lowest BCUT2D eigenvalue weighted by molar-refractivity contribution is -0.159. The summed E-state index contributed by atoms with van der Waals surface area (Å²) in [5.74, 6) is -2.35. The Bertz CT molecular complexity index is 1460. The second-order valence-corrected chi connectivity index (χ2v) is 12.9. The summed E-state index contributed by atoms with van der Waals surface area (Å²) in [4.78, 5) is 59.2. The fourth-order valence-electron chi connectivity index (χ4n) is 5.85. The summed E-state index contributed by atoms with van der Waals surface area (Å²) in [5.41, 5.74) is 7.32. The van der Waals surface area contributed by atoms with Crippen molar-refractivity contribution in [2.45, 2.75) is 83.4 Å². The van der Waals surface area contributed by atoms with Crippen molar-refractivity contribution in [3.63, 3.8) is 0 Å². The van der Waals surface area contributed by atoms with Gasteiger partial charge in [-0.1, -0.05) is 43.3 Å². The van der Waals surface area contributed by atoms with E-state index in [9.17, 15) is 19.2 Å².